The van der Waals surface area contributed by atoms with Crippen molar-refractivity contribution >= 4 is 6.03 Å². The van der Waals surface area contributed by atoms with Gasteiger partial charge in [-0.15, -0.1) is 0 Å². The summed E-state index contributed by atoms with van der Waals surface area (Å²) in [6.45, 7) is 10.2. The first-order valence-electron chi connectivity index (χ1n) is 8.92. The lowest BCUT2D eigenvalue weighted by atomic mass is 10.1. The molecule has 0 aromatic carbocycles. The number of rotatable bonds is 5. The molecule has 1 N–H and O–H groups in total. The standard InChI is InChI=1S/C18H27N5O2/c1-12(11-23-15(4)8-13(2)20-23)10-19-18(24)22-7-5-6-16(22)17-9-14(3)21-25-17/h8-9,12,16H,5-7,10-11H2,1-4H3,(H,19,24)/t12-,16+/m1/s1. The number of nitrogens with one attached hydrogen (secondary N) is 1. The van der Waals surface area contributed by atoms with Crippen LogP contribution in [0.4, 0.5) is 4.79 Å². The van der Waals surface area contributed by atoms with Gasteiger partial charge in [0.25, 0.3) is 0 Å². The molecule has 7 nitrogen and oxygen atoms in total. The Morgan fingerprint density at radius 3 is 2.80 bits per heavy atom. The molecule has 1 aliphatic heterocycles. The monoisotopic (exact) mass is 345 g/mol. The lowest BCUT2D eigenvalue weighted by Crippen LogP contribution is -2.41. The highest BCUT2D eigenvalue weighted by Crippen LogP contribution is 2.32. The molecule has 0 saturated carbocycles. The van der Waals surface area contributed by atoms with Crippen LogP contribution in [0, 0.1) is 26.7 Å². The molecule has 0 aliphatic carbocycles. The summed E-state index contributed by atoms with van der Waals surface area (Å²) in [7, 11) is 0. The van der Waals surface area contributed by atoms with Crippen LogP contribution < -0.4 is 5.32 Å². The number of carbonyl (C=O) groups excluding carboxylic acids is 1. The first-order valence-corrected chi connectivity index (χ1v) is 8.92. The van der Waals surface area contributed by atoms with E-state index in [4.69, 9.17) is 4.52 Å². The minimum atomic E-state index is -0.0308. The smallest absolute Gasteiger partial charge is 0.318 e. The van der Waals surface area contributed by atoms with E-state index in [2.05, 4.69) is 35.5 Å². The van der Waals surface area contributed by atoms with E-state index in [1.54, 1.807) is 0 Å². The van der Waals surface area contributed by atoms with E-state index in [1.807, 2.05) is 29.5 Å². The molecular formula is C18H27N5O2. The van der Waals surface area contributed by atoms with Crippen LogP contribution in [0.1, 0.15) is 48.6 Å². The van der Waals surface area contributed by atoms with Crippen molar-refractivity contribution < 1.29 is 9.32 Å². The maximum absolute atomic E-state index is 12.6. The number of hydrogen-bond acceptors (Lipinski definition) is 4. The summed E-state index contributed by atoms with van der Waals surface area (Å²) in [4.78, 5) is 14.5. The Hall–Kier alpha value is -2.31. The van der Waals surface area contributed by atoms with Gasteiger partial charge in [-0.3, -0.25) is 4.68 Å². The second-order valence-corrected chi connectivity index (χ2v) is 7.12. The molecule has 1 saturated heterocycles. The van der Waals surface area contributed by atoms with Crippen LogP contribution in [0.5, 0.6) is 0 Å². The zero-order chi connectivity index (χ0) is 18.0. The number of urea groups is 1. The van der Waals surface area contributed by atoms with Crippen LogP contribution in [0.3, 0.4) is 0 Å². The second-order valence-electron chi connectivity index (χ2n) is 7.12. The topological polar surface area (TPSA) is 76.2 Å². The molecule has 0 radical (unpaired) electrons. The van der Waals surface area contributed by atoms with Gasteiger partial charge >= 0.3 is 6.03 Å². The van der Waals surface area contributed by atoms with Gasteiger partial charge in [-0.25, -0.2) is 4.79 Å². The third kappa shape index (κ3) is 4.03. The first-order chi connectivity index (χ1) is 11.9. The van der Waals surface area contributed by atoms with Crippen molar-refractivity contribution in [2.45, 2.75) is 53.1 Å². The molecule has 7 heteroatoms. The van der Waals surface area contributed by atoms with Crippen molar-refractivity contribution in [1.29, 1.82) is 0 Å². The summed E-state index contributed by atoms with van der Waals surface area (Å²) >= 11 is 0. The molecule has 2 aromatic heterocycles. The van der Waals surface area contributed by atoms with Crippen LogP contribution >= 0.6 is 0 Å². The fourth-order valence-electron chi connectivity index (χ4n) is 3.43. The zero-order valence-electron chi connectivity index (χ0n) is 15.5. The van der Waals surface area contributed by atoms with Crippen molar-refractivity contribution in [2.24, 2.45) is 5.92 Å². The Morgan fingerprint density at radius 1 is 1.36 bits per heavy atom. The van der Waals surface area contributed by atoms with Crippen LogP contribution in [-0.2, 0) is 6.54 Å². The Kier molecular flexibility index (Phi) is 5.11. The largest absolute Gasteiger partial charge is 0.359 e. The average Bonchev–Trinajstić information content (AvgIpc) is 3.26. The molecule has 2 atom stereocenters. The van der Waals surface area contributed by atoms with Crippen LogP contribution in [0.25, 0.3) is 0 Å². The van der Waals surface area contributed by atoms with Gasteiger partial charge in [0.15, 0.2) is 5.76 Å². The maximum Gasteiger partial charge on any atom is 0.318 e. The van der Waals surface area contributed by atoms with Gasteiger partial charge in [-0.2, -0.15) is 5.10 Å². The normalized spacial score (nSPS) is 18.6. The minimum Gasteiger partial charge on any atom is -0.359 e. The third-order valence-electron chi connectivity index (χ3n) is 4.68. The molecule has 136 valence electrons. The minimum absolute atomic E-state index is 0.00693. The Morgan fingerprint density at radius 2 is 2.16 bits per heavy atom. The maximum atomic E-state index is 12.6. The average molecular weight is 345 g/mol. The summed E-state index contributed by atoms with van der Waals surface area (Å²) in [5.74, 6) is 1.08. The van der Waals surface area contributed by atoms with Crippen molar-refractivity contribution in [1.82, 2.24) is 25.2 Å². The zero-order valence-corrected chi connectivity index (χ0v) is 15.5. The van der Waals surface area contributed by atoms with E-state index in [1.165, 1.54) is 0 Å². The Bertz CT molecular complexity index is 736. The van der Waals surface area contributed by atoms with E-state index >= 15 is 0 Å². The van der Waals surface area contributed by atoms with Crippen molar-refractivity contribution in [3.63, 3.8) is 0 Å². The molecule has 25 heavy (non-hydrogen) atoms. The lowest BCUT2D eigenvalue weighted by molar-refractivity contribution is 0.180. The van der Waals surface area contributed by atoms with Crippen LogP contribution in [0.2, 0.25) is 0 Å². The highest BCUT2D eigenvalue weighted by Gasteiger charge is 2.32. The van der Waals surface area contributed by atoms with Gasteiger partial charge in [-0.05, 0) is 45.6 Å². The highest BCUT2D eigenvalue weighted by atomic mass is 16.5. The number of aryl methyl sites for hydroxylation is 3. The van der Waals surface area contributed by atoms with Gasteiger partial charge in [0, 0.05) is 31.4 Å². The summed E-state index contributed by atoms with van der Waals surface area (Å²) in [5.41, 5.74) is 3.02. The predicted molar refractivity (Wildman–Crippen MR) is 94.2 cm³/mol. The number of aromatic nitrogens is 3. The van der Waals surface area contributed by atoms with E-state index in [0.717, 1.165) is 48.8 Å². The van der Waals surface area contributed by atoms with E-state index in [9.17, 15) is 4.79 Å². The molecule has 3 heterocycles. The second kappa shape index (κ2) is 7.29. The van der Waals surface area contributed by atoms with Crippen LogP contribution in [0.15, 0.2) is 16.7 Å². The first kappa shape index (κ1) is 17.5. The Labute approximate surface area is 148 Å². The number of likely N-dealkylation sites (tertiary alicyclic amines) is 1. The lowest BCUT2D eigenvalue weighted by Gasteiger charge is -2.24. The van der Waals surface area contributed by atoms with Crippen LogP contribution in [-0.4, -0.2) is 39.0 Å². The number of nitrogens with zero attached hydrogens (tertiary/aromatic N) is 4. The van der Waals surface area contributed by atoms with E-state index in [0.29, 0.717) is 12.5 Å². The summed E-state index contributed by atoms with van der Waals surface area (Å²) in [6.07, 6.45) is 1.91. The fraction of sp³-hybridized carbons (Fsp3) is 0.611. The van der Waals surface area contributed by atoms with Gasteiger partial charge < -0.3 is 14.7 Å². The van der Waals surface area contributed by atoms with Crippen molar-refractivity contribution in [3.8, 4) is 0 Å². The van der Waals surface area contributed by atoms with Gasteiger partial charge in [0.1, 0.15) is 0 Å². The van der Waals surface area contributed by atoms with Crippen molar-refractivity contribution in [3.05, 3.63) is 35.0 Å². The molecule has 1 fully saturated rings. The number of carbonyl (C=O) groups is 1. The molecular weight excluding hydrogens is 318 g/mol. The van der Waals surface area contributed by atoms with E-state index < -0.39 is 0 Å². The molecule has 2 aromatic rings. The van der Waals surface area contributed by atoms with E-state index in [-0.39, 0.29) is 12.1 Å². The Balaban J connectivity index is 1.54. The summed E-state index contributed by atoms with van der Waals surface area (Å²) in [6, 6.07) is 3.95. The third-order valence-corrected chi connectivity index (χ3v) is 4.68. The predicted octanol–water partition coefficient (Wildman–Crippen LogP) is 2.98. The summed E-state index contributed by atoms with van der Waals surface area (Å²) in [5, 5.41) is 11.5. The van der Waals surface area contributed by atoms with Gasteiger partial charge in [-0.1, -0.05) is 12.1 Å². The van der Waals surface area contributed by atoms with Gasteiger partial charge in [0.05, 0.1) is 17.4 Å². The molecule has 0 unspecified atom stereocenters. The number of amides is 2. The fourth-order valence-corrected chi connectivity index (χ4v) is 3.43. The highest BCUT2D eigenvalue weighted by molar-refractivity contribution is 5.75. The summed E-state index contributed by atoms with van der Waals surface area (Å²) < 4.78 is 7.37. The molecule has 0 bridgehead atoms. The van der Waals surface area contributed by atoms with Crippen molar-refractivity contribution in [2.75, 3.05) is 13.1 Å². The quantitative estimate of drug-likeness (QED) is 0.904. The number of hydrogen-bond donors (Lipinski definition) is 1. The SMILES string of the molecule is Cc1cc([C@@H]2CCCN2C(=O)NC[C@@H](C)Cn2nc(C)cc2C)on1. The molecule has 0 spiro atoms. The molecule has 3 rings (SSSR count). The molecule has 1 aliphatic rings. The van der Waals surface area contributed by atoms with Gasteiger partial charge in [0.2, 0.25) is 0 Å². The molecule has 2 amide bonds.